The highest BCUT2D eigenvalue weighted by atomic mass is 32.2. The lowest BCUT2D eigenvalue weighted by Crippen LogP contribution is -2.36. The van der Waals surface area contributed by atoms with Crippen LogP contribution < -0.4 is 4.72 Å². The monoisotopic (exact) mass is 289 g/mol. The van der Waals surface area contributed by atoms with Gasteiger partial charge in [0, 0.05) is 6.54 Å². The summed E-state index contributed by atoms with van der Waals surface area (Å²) >= 11 is 0. The van der Waals surface area contributed by atoms with Crippen molar-refractivity contribution >= 4 is 10.0 Å². The van der Waals surface area contributed by atoms with E-state index in [0.29, 0.717) is 24.1 Å². The zero-order valence-corrected chi connectivity index (χ0v) is 12.5. The molecule has 0 aliphatic heterocycles. The number of hydrogen-bond acceptors (Lipinski definition) is 3. The molecule has 2 unspecified atom stereocenters. The van der Waals surface area contributed by atoms with Gasteiger partial charge in [-0.15, -0.1) is 0 Å². The second-order valence-electron chi connectivity index (χ2n) is 6.32. The van der Waals surface area contributed by atoms with Gasteiger partial charge >= 0.3 is 0 Å². The number of sulfonamides is 1. The molecule has 19 heavy (non-hydrogen) atoms. The van der Waals surface area contributed by atoms with Crippen LogP contribution >= 0.6 is 0 Å². The molecule has 0 radical (unpaired) electrons. The van der Waals surface area contributed by atoms with Crippen molar-refractivity contribution in [1.29, 1.82) is 0 Å². The Labute approximate surface area is 117 Å². The molecule has 0 aromatic carbocycles. The van der Waals surface area contributed by atoms with Crippen molar-refractivity contribution in [2.75, 3.05) is 12.3 Å². The van der Waals surface area contributed by atoms with Crippen LogP contribution in [0.25, 0.3) is 0 Å². The van der Waals surface area contributed by atoms with Crippen molar-refractivity contribution in [3.63, 3.8) is 0 Å². The van der Waals surface area contributed by atoms with E-state index in [0.717, 1.165) is 38.5 Å². The first-order chi connectivity index (χ1) is 9.05. The molecule has 0 aromatic rings. The molecule has 0 heterocycles. The maximum atomic E-state index is 12.0. The molecule has 0 spiro atoms. The van der Waals surface area contributed by atoms with E-state index in [4.69, 9.17) is 0 Å². The summed E-state index contributed by atoms with van der Waals surface area (Å²) in [5.74, 6) is 0.954. The van der Waals surface area contributed by atoms with Gasteiger partial charge in [0.05, 0.1) is 11.9 Å². The van der Waals surface area contributed by atoms with E-state index >= 15 is 0 Å². The van der Waals surface area contributed by atoms with Crippen LogP contribution in [0.1, 0.15) is 57.8 Å². The van der Waals surface area contributed by atoms with Crippen LogP contribution in [-0.2, 0) is 10.0 Å². The Morgan fingerprint density at radius 1 is 0.947 bits per heavy atom. The molecule has 4 nitrogen and oxygen atoms in total. The van der Waals surface area contributed by atoms with Crippen LogP contribution in [0.15, 0.2) is 0 Å². The molecule has 2 saturated carbocycles. The van der Waals surface area contributed by atoms with Crippen LogP contribution in [0.4, 0.5) is 0 Å². The molecular weight excluding hydrogens is 262 g/mol. The maximum Gasteiger partial charge on any atom is 0.211 e. The SMILES string of the molecule is O=S(=O)(CC1CCCCC1)NCC1CCCC(O)C1. The molecule has 0 bridgehead atoms. The molecule has 112 valence electrons. The molecular formula is C14H27NO3S. The van der Waals surface area contributed by atoms with Gasteiger partial charge in [-0.25, -0.2) is 13.1 Å². The minimum Gasteiger partial charge on any atom is -0.393 e. The van der Waals surface area contributed by atoms with E-state index in [1.807, 2.05) is 0 Å². The standard InChI is InChI=1S/C14H27NO3S/c16-14-8-4-7-13(9-14)10-15-19(17,18)11-12-5-2-1-3-6-12/h12-16H,1-11H2. The van der Waals surface area contributed by atoms with E-state index in [-0.39, 0.29) is 6.10 Å². The van der Waals surface area contributed by atoms with Gasteiger partial charge in [-0.1, -0.05) is 25.7 Å². The third-order valence-electron chi connectivity index (χ3n) is 4.53. The third-order valence-corrected chi connectivity index (χ3v) is 6.04. The second kappa shape index (κ2) is 7.04. The lowest BCUT2D eigenvalue weighted by atomic mass is 9.87. The number of aliphatic hydroxyl groups is 1. The van der Waals surface area contributed by atoms with Crippen molar-refractivity contribution in [3.8, 4) is 0 Å². The average molecular weight is 289 g/mol. The fraction of sp³-hybridized carbons (Fsp3) is 1.00. The number of aliphatic hydroxyl groups excluding tert-OH is 1. The molecule has 2 N–H and O–H groups in total. The highest BCUT2D eigenvalue weighted by Crippen LogP contribution is 2.26. The Hall–Kier alpha value is -0.130. The quantitative estimate of drug-likeness (QED) is 0.814. The van der Waals surface area contributed by atoms with Gasteiger partial charge < -0.3 is 5.11 Å². The summed E-state index contributed by atoms with van der Waals surface area (Å²) in [6.07, 6.45) is 9.14. The van der Waals surface area contributed by atoms with E-state index in [9.17, 15) is 13.5 Å². The first-order valence-electron chi connectivity index (χ1n) is 7.70. The predicted molar refractivity (Wildman–Crippen MR) is 76.3 cm³/mol. The second-order valence-corrected chi connectivity index (χ2v) is 8.17. The first-order valence-corrected chi connectivity index (χ1v) is 9.36. The normalized spacial score (nSPS) is 30.4. The van der Waals surface area contributed by atoms with Gasteiger partial charge in [0.15, 0.2) is 0 Å². The summed E-state index contributed by atoms with van der Waals surface area (Å²) in [5, 5.41) is 9.59. The molecule has 2 atom stereocenters. The molecule has 0 amide bonds. The van der Waals surface area contributed by atoms with Crippen LogP contribution in [0.3, 0.4) is 0 Å². The van der Waals surface area contributed by atoms with Crippen LogP contribution in [0.5, 0.6) is 0 Å². The molecule has 2 aliphatic rings. The van der Waals surface area contributed by atoms with Gasteiger partial charge in [0.2, 0.25) is 10.0 Å². The Bertz CT molecular complexity index is 363. The smallest absolute Gasteiger partial charge is 0.211 e. The van der Waals surface area contributed by atoms with Crippen LogP contribution in [0, 0.1) is 11.8 Å². The van der Waals surface area contributed by atoms with Gasteiger partial charge in [-0.05, 0) is 43.9 Å². The van der Waals surface area contributed by atoms with E-state index < -0.39 is 10.0 Å². The molecule has 5 heteroatoms. The van der Waals surface area contributed by atoms with Crippen LogP contribution in [-0.4, -0.2) is 31.9 Å². The third kappa shape index (κ3) is 5.40. The van der Waals surface area contributed by atoms with Crippen molar-refractivity contribution in [1.82, 2.24) is 4.72 Å². The van der Waals surface area contributed by atoms with Gasteiger partial charge in [0.1, 0.15) is 0 Å². The first kappa shape index (κ1) is 15.3. The summed E-state index contributed by atoms with van der Waals surface area (Å²) in [6.45, 7) is 0.506. The summed E-state index contributed by atoms with van der Waals surface area (Å²) in [5.41, 5.74) is 0. The molecule has 2 fully saturated rings. The van der Waals surface area contributed by atoms with Crippen molar-refractivity contribution in [2.45, 2.75) is 63.9 Å². The largest absolute Gasteiger partial charge is 0.393 e. The fourth-order valence-electron chi connectivity index (χ4n) is 3.42. The lowest BCUT2D eigenvalue weighted by molar-refractivity contribution is 0.102. The number of hydrogen-bond donors (Lipinski definition) is 2. The number of rotatable bonds is 5. The van der Waals surface area contributed by atoms with E-state index in [1.165, 1.54) is 19.3 Å². The minimum atomic E-state index is -3.13. The molecule has 2 rings (SSSR count). The fourth-order valence-corrected chi connectivity index (χ4v) is 4.98. The van der Waals surface area contributed by atoms with Gasteiger partial charge in [0.25, 0.3) is 0 Å². The Morgan fingerprint density at radius 3 is 2.32 bits per heavy atom. The van der Waals surface area contributed by atoms with E-state index in [1.54, 1.807) is 0 Å². The molecule has 0 saturated heterocycles. The Morgan fingerprint density at radius 2 is 1.63 bits per heavy atom. The Kier molecular flexibility index (Phi) is 5.66. The molecule has 0 aromatic heterocycles. The van der Waals surface area contributed by atoms with Crippen molar-refractivity contribution < 1.29 is 13.5 Å². The van der Waals surface area contributed by atoms with Gasteiger partial charge in [-0.3, -0.25) is 0 Å². The maximum absolute atomic E-state index is 12.0. The van der Waals surface area contributed by atoms with Crippen LogP contribution in [0.2, 0.25) is 0 Å². The zero-order valence-electron chi connectivity index (χ0n) is 11.7. The summed E-state index contributed by atoms with van der Waals surface area (Å²) in [7, 11) is -3.13. The molecule has 2 aliphatic carbocycles. The highest BCUT2D eigenvalue weighted by Gasteiger charge is 2.24. The predicted octanol–water partition coefficient (Wildman–Crippen LogP) is 2.04. The van der Waals surface area contributed by atoms with E-state index in [2.05, 4.69) is 4.72 Å². The average Bonchev–Trinajstić information content (AvgIpc) is 2.37. The topological polar surface area (TPSA) is 66.4 Å². The zero-order chi connectivity index (χ0) is 13.7. The lowest BCUT2D eigenvalue weighted by Gasteiger charge is -2.26. The van der Waals surface area contributed by atoms with Gasteiger partial charge in [-0.2, -0.15) is 0 Å². The number of nitrogens with one attached hydrogen (secondary N) is 1. The summed E-state index contributed by atoms with van der Waals surface area (Å²) < 4.78 is 26.9. The van der Waals surface area contributed by atoms with Crippen molar-refractivity contribution in [2.24, 2.45) is 11.8 Å². The summed E-state index contributed by atoms with van der Waals surface area (Å²) in [4.78, 5) is 0. The highest BCUT2D eigenvalue weighted by molar-refractivity contribution is 7.89. The minimum absolute atomic E-state index is 0.235. The van der Waals surface area contributed by atoms with Crippen molar-refractivity contribution in [3.05, 3.63) is 0 Å². The Balaban J connectivity index is 1.73. The summed E-state index contributed by atoms with van der Waals surface area (Å²) in [6, 6.07) is 0.